The Morgan fingerprint density at radius 3 is 2.07 bits per heavy atom. The predicted molar refractivity (Wildman–Crippen MR) is 54.9 cm³/mol. The van der Waals surface area contributed by atoms with Gasteiger partial charge in [0, 0.05) is 6.54 Å². The van der Waals surface area contributed by atoms with Gasteiger partial charge in [-0.25, -0.2) is 0 Å². The Hall–Kier alpha value is -0.690. The van der Waals surface area contributed by atoms with Gasteiger partial charge in [0.15, 0.2) is 6.29 Å². The maximum absolute atomic E-state index is 10.4. The quantitative estimate of drug-likeness (QED) is 0.367. The first-order valence-electron chi connectivity index (χ1n) is 4.88. The van der Waals surface area contributed by atoms with Gasteiger partial charge in [0.2, 0.25) is 5.91 Å². The highest BCUT2D eigenvalue weighted by Crippen LogP contribution is 1.88. The predicted octanol–water partition coefficient (Wildman–Crippen LogP) is -1.43. The van der Waals surface area contributed by atoms with Crippen LogP contribution in [-0.2, 0) is 4.79 Å². The summed E-state index contributed by atoms with van der Waals surface area (Å²) in [5.74, 6) is -0.455. The number of hydrogen-bond acceptors (Lipinski definition) is 5. The fourth-order valence-electron chi connectivity index (χ4n) is 0.585. The van der Waals surface area contributed by atoms with Crippen LogP contribution in [0.1, 0.15) is 26.7 Å². The zero-order valence-corrected chi connectivity index (χ0v) is 9.18. The summed E-state index contributed by atoms with van der Waals surface area (Å²) in [6.45, 7) is 3.37. The maximum atomic E-state index is 10.4. The molecule has 0 saturated carbocycles. The minimum Gasteiger partial charge on any atom is -0.395 e. The standard InChI is InChI=1S/C5H11NO3.C4H10O2/c1-4(8)5(9)6-2-3-7;1-2-3-4(5)6/h4,7-8H,2-3H2,1H3,(H,6,9);4-6H,2-3H2,1H3. The molecule has 0 aromatic rings. The molecule has 1 atom stereocenters. The van der Waals surface area contributed by atoms with E-state index in [0.717, 1.165) is 6.42 Å². The van der Waals surface area contributed by atoms with Crippen molar-refractivity contribution in [1.82, 2.24) is 5.32 Å². The van der Waals surface area contributed by atoms with Crippen LogP contribution >= 0.6 is 0 Å². The average Bonchev–Trinajstić information content (AvgIpc) is 2.14. The number of aliphatic hydroxyl groups is 4. The van der Waals surface area contributed by atoms with E-state index in [0.29, 0.717) is 6.42 Å². The van der Waals surface area contributed by atoms with Crippen molar-refractivity contribution in [1.29, 1.82) is 0 Å². The van der Waals surface area contributed by atoms with Crippen LogP contribution in [0.5, 0.6) is 0 Å². The third-order valence-electron chi connectivity index (χ3n) is 1.34. The van der Waals surface area contributed by atoms with E-state index < -0.39 is 18.3 Å². The smallest absolute Gasteiger partial charge is 0.248 e. The summed E-state index contributed by atoms with van der Waals surface area (Å²) < 4.78 is 0. The number of aliphatic hydroxyl groups excluding tert-OH is 3. The summed E-state index contributed by atoms with van der Waals surface area (Å²) in [7, 11) is 0. The van der Waals surface area contributed by atoms with Crippen LogP contribution in [0.15, 0.2) is 0 Å². The first-order chi connectivity index (χ1) is 6.95. The van der Waals surface area contributed by atoms with Gasteiger partial charge in [-0.3, -0.25) is 4.79 Å². The molecule has 0 aromatic carbocycles. The molecule has 0 aliphatic carbocycles. The second-order valence-corrected chi connectivity index (χ2v) is 2.96. The van der Waals surface area contributed by atoms with Gasteiger partial charge in [-0.1, -0.05) is 13.3 Å². The Kier molecular flexibility index (Phi) is 12.7. The largest absolute Gasteiger partial charge is 0.395 e. The minimum absolute atomic E-state index is 0.0987. The lowest BCUT2D eigenvalue weighted by Gasteiger charge is -2.03. The molecule has 92 valence electrons. The lowest BCUT2D eigenvalue weighted by Crippen LogP contribution is -2.34. The van der Waals surface area contributed by atoms with Crippen molar-refractivity contribution in [2.24, 2.45) is 0 Å². The van der Waals surface area contributed by atoms with Crippen molar-refractivity contribution in [2.45, 2.75) is 39.1 Å². The monoisotopic (exact) mass is 223 g/mol. The summed E-state index contributed by atoms with van der Waals surface area (Å²) >= 11 is 0. The third kappa shape index (κ3) is 16.0. The molecular formula is C9H21NO5. The van der Waals surface area contributed by atoms with E-state index in [4.69, 9.17) is 20.4 Å². The number of nitrogens with one attached hydrogen (secondary N) is 1. The number of rotatable bonds is 5. The van der Waals surface area contributed by atoms with E-state index in [2.05, 4.69) is 5.32 Å². The zero-order valence-electron chi connectivity index (χ0n) is 9.18. The molecular weight excluding hydrogens is 202 g/mol. The molecule has 0 spiro atoms. The summed E-state index contributed by atoms with van der Waals surface area (Å²) in [5.41, 5.74) is 0. The van der Waals surface area contributed by atoms with Crippen LogP contribution in [0.3, 0.4) is 0 Å². The van der Waals surface area contributed by atoms with Gasteiger partial charge in [0.05, 0.1) is 6.61 Å². The summed E-state index contributed by atoms with van der Waals surface area (Å²) in [6, 6.07) is 0. The molecule has 0 aromatic heterocycles. The Bertz CT molecular complexity index is 149. The fourth-order valence-corrected chi connectivity index (χ4v) is 0.585. The maximum Gasteiger partial charge on any atom is 0.248 e. The molecule has 0 heterocycles. The molecule has 1 unspecified atom stereocenters. The van der Waals surface area contributed by atoms with Crippen molar-refractivity contribution in [3.05, 3.63) is 0 Å². The number of carbonyl (C=O) groups excluding carboxylic acids is 1. The normalized spacial score (nSPS) is 11.7. The van der Waals surface area contributed by atoms with E-state index in [1.807, 2.05) is 6.92 Å². The van der Waals surface area contributed by atoms with Gasteiger partial charge in [0.1, 0.15) is 6.10 Å². The van der Waals surface area contributed by atoms with Crippen LogP contribution in [0.4, 0.5) is 0 Å². The molecule has 5 N–H and O–H groups in total. The molecule has 0 bridgehead atoms. The number of hydrogen-bond donors (Lipinski definition) is 5. The van der Waals surface area contributed by atoms with Crippen molar-refractivity contribution in [2.75, 3.05) is 13.2 Å². The van der Waals surface area contributed by atoms with Gasteiger partial charge in [-0.05, 0) is 13.3 Å². The van der Waals surface area contributed by atoms with Crippen molar-refractivity contribution < 1.29 is 25.2 Å². The van der Waals surface area contributed by atoms with Crippen molar-refractivity contribution in [3.8, 4) is 0 Å². The van der Waals surface area contributed by atoms with Crippen LogP contribution < -0.4 is 5.32 Å². The second kappa shape index (κ2) is 11.4. The van der Waals surface area contributed by atoms with Crippen molar-refractivity contribution >= 4 is 5.91 Å². The molecule has 6 heteroatoms. The summed E-state index contributed by atoms with van der Waals surface area (Å²) in [4.78, 5) is 10.4. The zero-order chi connectivity index (χ0) is 12.3. The van der Waals surface area contributed by atoms with Crippen LogP contribution in [-0.4, -0.2) is 51.9 Å². The SMILES string of the molecule is CC(O)C(=O)NCCO.CCCC(O)O. The highest BCUT2D eigenvalue weighted by atomic mass is 16.5. The molecule has 0 fully saturated rings. The summed E-state index contributed by atoms with van der Waals surface area (Å²) in [5, 5.41) is 35.3. The second-order valence-electron chi connectivity index (χ2n) is 2.96. The van der Waals surface area contributed by atoms with Gasteiger partial charge < -0.3 is 25.7 Å². The van der Waals surface area contributed by atoms with E-state index in [1.54, 1.807) is 0 Å². The topological polar surface area (TPSA) is 110 Å². The van der Waals surface area contributed by atoms with Crippen LogP contribution in [0.2, 0.25) is 0 Å². The van der Waals surface area contributed by atoms with E-state index >= 15 is 0 Å². The van der Waals surface area contributed by atoms with E-state index in [9.17, 15) is 4.79 Å². The van der Waals surface area contributed by atoms with Gasteiger partial charge in [0.25, 0.3) is 0 Å². The molecule has 1 amide bonds. The van der Waals surface area contributed by atoms with Gasteiger partial charge >= 0.3 is 0 Å². The summed E-state index contributed by atoms with van der Waals surface area (Å²) in [6.07, 6.45) is -0.774. The highest BCUT2D eigenvalue weighted by Gasteiger charge is 2.05. The van der Waals surface area contributed by atoms with E-state index in [-0.39, 0.29) is 13.2 Å². The van der Waals surface area contributed by atoms with Crippen molar-refractivity contribution in [3.63, 3.8) is 0 Å². The molecule has 6 nitrogen and oxygen atoms in total. The highest BCUT2D eigenvalue weighted by molar-refractivity contribution is 5.79. The molecule has 0 rings (SSSR count). The molecule has 15 heavy (non-hydrogen) atoms. The molecule has 0 radical (unpaired) electrons. The number of carbonyl (C=O) groups is 1. The minimum atomic E-state index is -1.10. The lowest BCUT2D eigenvalue weighted by molar-refractivity contribution is -0.128. The molecule has 0 aliphatic rings. The Morgan fingerprint density at radius 2 is 1.87 bits per heavy atom. The van der Waals surface area contributed by atoms with Gasteiger partial charge in [-0.15, -0.1) is 0 Å². The Labute approximate surface area is 89.6 Å². The van der Waals surface area contributed by atoms with Crippen LogP contribution in [0, 0.1) is 0 Å². The first-order valence-corrected chi connectivity index (χ1v) is 4.88. The van der Waals surface area contributed by atoms with Gasteiger partial charge in [-0.2, -0.15) is 0 Å². The van der Waals surface area contributed by atoms with Crippen LogP contribution in [0.25, 0.3) is 0 Å². The molecule has 0 saturated heterocycles. The first kappa shape index (κ1) is 16.7. The number of amides is 1. The molecule has 0 aliphatic heterocycles. The van der Waals surface area contributed by atoms with E-state index in [1.165, 1.54) is 6.92 Å². The third-order valence-corrected chi connectivity index (χ3v) is 1.34. The Morgan fingerprint density at radius 1 is 1.33 bits per heavy atom. The average molecular weight is 223 g/mol. The lowest BCUT2D eigenvalue weighted by atomic mass is 10.3. The Balaban J connectivity index is 0. The fraction of sp³-hybridized carbons (Fsp3) is 0.889.